The lowest BCUT2D eigenvalue weighted by Crippen LogP contribution is -2.32. The van der Waals surface area contributed by atoms with E-state index in [4.69, 9.17) is 0 Å². The van der Waals surface area contributed by atoms with Gasteiger partial charge in [-0.15, -0.1) is 0 Å². The van der Waals surface area contributed by atoms with E-state index in [0.717, 1.165) is 15.4 Å². The van der Waals surface area contributed by atoms with Crippen molar-refractivity contribution in [2.75, 3.05) is 0 Å². The van der Waals surface area contributed by atoms with Gasteiger partial charge in [0, 0.05) is 20.6 Å². The maximum atomic E-state index is 12.1. The Bertz CT molecular complexity index is 400. The summed E-state index contributed by atoms with van der Waals surface area (Å²) in [6.07, 6.45) is 5.99. The maximum absolute atomic E-state index is 12.1. The van der Waals surface area contributed by atoms with Crippen LogP contribution in [0.3, 0.4) is 0 Å². The Kier molecular flexibility index (Phi) is 7.69. The van der Waals surface area contributed by atoms with E-state index >= 15 is 0 Å². The summed E-state index contributed by atoms with van der Waals surface area (Å²) < 4.78 is 1.81. The van der Waals surface area contributed by atoms with Crippen molar-refractivity contribution < 1.29 is 4.79 Å². The Morgan fingerprint density at radius 3 is 2.37 bits per heavy atom. The third-order valence-electron chi connectivity index (χ3n) is 2.99. The van der Waals surface area contributed by atoms with Gasteiger partial charge in [0.25, 0.3) is 5.91 Å². The second-order valence-corrected chi connectivity index (χ2v) is 6.71. The fourth-order valence-electron chi connectivity index (χ4n) is 1.94. The van der Waals surface area contributed by atoms with Crippen LogP contribution in [0.25, 0.3) is 0 Å². The molecule has 4 heteroatoms. The topological polar surface area (TPSA) is 29.1 Å². The first-order valence-corrected chi connectivity index (χ1v) is 8.38. The van der Waals surface area contributed by atoms with Gasteiger partial charge in [-0.3, -0.25) is 4.79 Å². The summed E-state index contributed by atoms with van der Waals surface area (Å²) in [6.45, 7) is 4.27. The Hall–Kier alpha value is -0.350. The van der Waals surface area contributed by atoms with Crippen LogP contribution in [-0.2, 0) is 0 Å². The quantitative estimate of drug-likeness (QED) is 0.628. The third kappa shape index (κ3) is 6.57. The molecule has 106 valence electrons. The molecule has 0 aromatic heterocycles. The summed E-state index contributed by atoms with van der Waals surface area (Å²) in [5.41, 5.74) is 0.682. The zero-order valence-corrected chi connectivity index (χ0v) is 14.7. The first kappa shape index (κ1) is 16.7. The van der Waals surface area contributed by atoms with Gasteiger partial charge >= 0.3 is 0 Å². The number of unbranched alkanes of at least 4 members (excludes halogenated alkanes) is 3. The van der Waals surface area contributed by atoms with E-state index in [-0.39, 0.29) is 11.9 Å². The van der Waals surface area contributed by atoms with Crippen LogP contribution in [0.1, 0.15) is 56.3 Å². The van der Waals surface area contributed by atoms with E-state index in [0.29, 0.717) is 5.56 Å². The fraction of sp³-hybridized carbons (Fsp3) is 0.533. The van der Waals surface area contributed by atoms with Crippen LogP contribution in [0.15, 0.2) is 27.1 Å². The largest absolute Gasteiger partial charge is 0.350 e. The highest BCUT2D eigenvalue weighted by Gasteiger charge is 2.10. The first-order valence-electron chi connectivity index (χ1n) is 6.80. The molecule has 0 aliphatic heterocycles. The van der Waals surface area contributed by atoms with Crippen LogP contribution >= 0.6 is 31.9 Å². The first-order chi connectivity index (χ1) is 9.02. The number of hydrogen-bond donors (Lipinski definition) is 1. The number of carbonyl (C=O) groups is 1. The van der Waals surface area contributed by atoms with Gasteiger partial charge < -0.3 is 5.32 Å². The molecular weight excluding hydrogens is 370 g/mol. The molecule has 0 fully saturated rings. The molecule has 1 atom stereocenters. The molecule has 0 saturated carbocycles. The normalized spacial score (nSPS) is 12.2. The minimum atomic E-state index is -0.00927. The van der Waals surface area contributed by atoms with E-state index in [1.807, 2.05) is 18.2 Å². The third-order valence-corrected chi connectivity index (χ3v) is 3.91. The molecule has 2 nitrogen and oxygen atoms in total. The second-order valence-electron chi connectivity index (χ2n) is 4.88. The molecule has 0 radical (unpaired) electrons. The summed E-state index contributed by atoms with van der Waals surface area (Å²) >= 11 is 6.79. The average Bonchev–Trinajstić information content (AvgIpc) is 2.33. The number of hydrogen-bond acceptors (Lipinski definition) is 1. The smallest absolute Gasteiger partial charge is 0.251 e. The average molecular weight is 391 g/mol. The molecule has 0 heterocycles. The summed E-state index contributed by atoms with van der Waals surface area (Å²) in [7, 11) is 0. The fourth-order valence-corrected chi connectivity index (χ4v) is 3.24. The standard InChI is InChI=1S/C15H21Br2NO/c1-3-4-5-6-7-11(2)18-15(19)12-8-13(16)10-14(17)9-12/h8-11H,3-7H2,1-2H3,(H,18,19). The van der Waals surface area contributed by atoms with Crippen LogP contribution in [0.5, 0.6) is 0 Å². The lowest BCUT2D eigenvalue weighted by molar-refractivity contribution is 0.0937. The van der Waals surface area contributed by atoms with E-state index in [1.165, 1.54) is 25.7 Å². The molecule has 19 heavy (non-hydrogen) atoms. The number of nitrogens with one attached hydrogen (secondary N) is 1. The van der Waals surface area contributed by atoms with Gasteiger partial charge in [-0.25, -0.2) is 0 Å². The summed E-state index contributed by atoms with van der Waals surface area (Å²) in [5, 5.41) is 3.05. The Morgan fingerprint density at radius 1 is 1.16 bits per heavy atom. The molecule has 1 aromatic carbocycles. The summed E-state index contributed by atoms with van der Waals surface area (Å²) in [4.78, 5) is 12.1. The maximum Gasteiger partial charge on any atom is 0.251 e. The van der Waals surface area contributed by atoms with E-state index in [2.05, 4.69) is 51.0 Å². The molecule has 0 spiro atoms. The van der Waals surface area contributed by atoms with Crippen molar-refractivity contribution in [2.45, 2.75) is 52.0 Å². The molecule has 0 saturated heterocycles. The number of benzene rings is 1. The zero-order chi connectivity index (χ0) is 14.3. The van der Waals surface area contributed by atoms with Crippen molar-refractivity contribution in [3.63, 3.8) is 0 Å². The predicted molar refractivity (Wildman–Crippen MR) is 87.5 cm³/mol. The second kappa shape index (κ2) is 8.75. The van der Waals surface area contributed by atoms with Gasteiger partial charge in [-0.1, -0.05) is 64.5 Å². The Labute approximate surface area is 132 Å². The zero-order valence-electron chi connectivity index (χ0n) is 11.5. The molecule has 0 aliphatic rings. The van der Waals surface area contributed by atoms with Crippen LogP contribution in [0.4, 0.5) is 0 Å². The van der Waals surface area contributed by atoms with Crippen molar-refractivity contribution in [1.29, 1.82) is 0 Å². The number of amides is 1. The SMILES string of the molecule is CCCCCCC(C)NC(=O)c1cc(Br)cc(Br)c1. The van der Waals surface area contributed by atoms with Gasteiger partial charge in [-0.05, 0) is 31.5 Å². The summed E-state index contributed by atoms with van der Waals surface area (Å²) in [6, 6.07) is 5.82. The van der Waals surface area contributed by atoms with Gasteiger partial charge in [-0.2, -0.15) is 0 Å². The molecular formula is C15H21Br2NO. The lowest BCUT2D eigenvalue weighted by atomic mass is 10.1. The van der Waals surface area contributed by atoms with Crippen LogP contribution in [-0.4, -0.2) is 11.9 Å². The highest BCUT2D eigenvalue weighted by molar-refractivity contribution is 9.11. The molecule has 1 amide bonds. The molecule has 1 rings (SSSR count). The van der Waals surface area contributed by atoms with E-state index in [1.54, 1.807) is 0 Å². The van der Waals surface area contributed by atoms with Crippen LogP contribution < -0.4 is 5.32 Å². The van der Waals surface area contributed by atoms with Gasteiger partial charge in [0.1, 0.15) is 0 Å². The number of halogens is 2. The van der Waals surface area contributed by atoms with Crippen molar-refractivity contribution in [2.24, 2.45) is 0 Å². The van der Waals surface area contributed by atoms with Crippen LogP contribution in [0.2, 0.25) is 0 Å². The highest BCUT2D eigenvalue weighted by atomic mass is 79.9. The van der Waals surface area contributed by atoms with Crippen molar-refractivity contribution in [3.8, 4) is 0 Å². The van der Waals surface area contributed by atoms with Crippen molar-refractivity contribution in [1.82, 2.24) is 5.32 Å². The van der Waals surface area contributed by atoms with Crippen LogP contribution in [0, 0.1) is 0 Å². The Balaban J connectivity index is 2.45. The van der Waals surface area contributed by atoms with Gasteiger partial charge in [0.05, 0.1) is 0 Å². The van der Waals surface area contributed by atoms with E-state index in [9.17, 15) is 4.79 Å². The van der Waals surface area contributed by atoms with Crippen molar-refractivity contribution in [3.05, 3.63) is 32.7 Å². The molecule has 1 N–H and O–H groups in total. The molecule has 0 aliphatic carbocycles. The van der Waals surface area contributed by atoms with Crippen molar-refractivity contribution >= 4 is 37.8 Å². The highest BCUT2D eigenvalue weighted by Crippen LogP contribution is 2.20. The predicted octanol–water partition coefficient (Wildman–Crippen LogP) is 5.30. The molecule has 0 bridgehead atoms. The summed E-state index contributed by atoms with van der Waals surface area (Å²) in [5.74, 6) is -0.00927. The lowest BCUT2D eigenvalue weighted by Gasteiger charge is -2.14. The Morgan fingerprint density at radius 2 is 1.79 bits per heavy atom. The molecule has 1 unspecified atom stereocenters. The number of carbonyl (C=O) groups excluding carboxylic acids is 1. The monoisotopic (exact) mass is 389 g/mol. The number of rotatable bonds is 7. The van der Waals surface area contributed by atoms with Gasteiger partial charge in [0.15, 0.2) is 0 Å². The van der Waals surface area contributed by atoms with E-state index < -0.39 is 0 Å². The van der Waals surface area contributed by atoms with Gasteiger partial charge in [0.2, 0.25) is 0 Å². The minimum Gasteiger partial charge on any atom is -0.350 e. The molecule has 1 aromatic rings. The minimum absolute atomic E-state index is 0.00927.